The molecule has 116 valence electrons. The molecule has 2 aromatic rings. The minimum Gasteiger partial charge on any atom is -0.371 e. The second-order valence-corrected chi connectivity index (χ2v) is 5.21. The number of carbonyl (C=O) groups is 1. The first-order chi connectivity index (χ1) is 10.6. The van der Waals surface area contributed by atoms with Gasteiger partial charge >= 0.3 is 0 Å². The van der Waals surface area contributed by atoms with Crippen molar-refractivity contribution in [2.45, 2.75) is 19.3 Å². The number of rotatable bonds is 4. The molecule has 2 N–H and O–H groups in total. The molecule has 0 radical (unpaired) electrons. The van der Waals surface area contributed by atoms with Crippen LogP contribution in [0, 0.1) is 0 Å². The average molecular weight is 306 g/mol. The Labute approximate surface area is 126 Å². The Morgan fingerprint density at radius 1 is 1.27 bits per heavy atom. The summed E-state index contributed by atoms with van der Waals surface area (Å²) in [6.07, 6.45) is -0.340. The summed E-state index contributed by atoms with van der Waals surface area (Å²) in [4.78, 5) is 14.3. The fourth-order valence-electron chi connectivity index (χ4n) is 2.52. The summed E-state index contributed by atoms with van der Waals surface area (Å²) in [5.74, 6) is -0.512. The lowest BCUT2D eigenvalue weighted by Crippen LogP contribution is -2.18. The molecular formula is C15H16F2N4O. The van der Waals surface area contributed by atoms with E-state index in [1.807, 2.05) is 18.2 Å². The predicted octanol–water partition coefficient (Wildman–Crippen LogP) is 3.20. The van der Waals surface area contributed by atoms with Crippen molar-refractivity contribution < 1.29 is 13.6 Å². The molecule has 0 bridgehead atoms. The number of carbonyl (C=O) groups excluding carboxylic acids is 1. The van der Waals surface area contributed by atoms with Gasteiger partial charge in [-0.15, -0.1) is 0 Å². The van der Waals surface area contributed by atoms with Crippen LogP contribution in [0.5, 0.6) is 0 Å². The smallest absolute Gasteiger partial charge is 0.279 e. The molecule has 7 heteroatoms. The van der Waals surface area contributed by atoms with Crippen molar-refractivity contribution in [3.63, 3.8) is 0 Å². The van der Waals surface area contributed by atoms with Gasteiger partial charge < -0.3 is 10.2 Å². The molecule has 5 nitrogen and oxygen atoms in total. The molecule has 0 unspecified atom stereocenters. The standard InChI is InChI=1S/C15H16F2N4O/c16-14(17)12-9-13(20-19-12)15(22)18-10-4-3-5-11(8-10)21-6-1-2-7-21/h3-5,8-9,14H,1-2,6-7H2,(H,18,22)(H,19,20). The minimum absolute atomic E-state index is 0.0538. The van der Waals surface area contributed by atoms with Crippen LogP contribution < -0.4 is 10.2 Å². The number of nitrogens with one attached hydrogen (secondary N) is 2. The van der Waals surface area contributed by atoms with Gasteiger partial charge in [0.05, 0.1) is 0 Å². The van der Waals surface area contributed by atoms with Gasteiger partial charge in [0.2, 0.25) is 0 Å². The van der Waals surface area contributed by atoms with E-state index in [2.05, 4.69) is 20.4 Å². The van der Waals surface area contributed by atoms with Crippen LogP contribution in [0.2, 0.25) is 0 Å². The van der Waals surface area contributed by atoms with Crippen LogP contribution in [0.4, 0.5) is 20.2 Å². The van der Waals surface area contributed by atoms with Gasteiger partial charge in [0.25, 0.3) is 12.3 Å². The highest BCUT2D eigenvalue weighted by Gasteiger charge is 2.17. The molecule has 1 amide bonds. The molecule has 0 spiro atoms. The molecule has 1 aromatic carbocycles. The van der Waals surface area contributed by atoms with E-state index in [4.69, 9.17) is 0 Å². The summed E-state index contributed by atoms with van der Waals surface area (Å²) < 4.78 is 25.0. The summed E-state index contributed by atoms with van der Waals surface area (Å²) in [7, 11) is 0. The summed E-state index contributed by atoms with van der Waals surface area (Å²) in [6.45, 7) is 2.02. The number of amides is 1. The maximum absolute atomic E-state index is 12.5. The van der Waals surface area contributed by atoms with E-state index >= 15 is 0 Å². The third-order valence-electron chi connectivity index (χ3n) is 3.64. The number of aromatic amines is 1. The third kappa shape index (κ3) is 3.08. The topological polar surface area (TPSA) is 61.0 Å². The quantitative estimate of drug-likeness (QED) is 0.912. The molecule has 0 saturated carbocycles. The van der Waals surface area contributed by atoms with Crippen molar-refractivity contribution in [1.29, 1.82) is 0 Å². The van der Waals surface area contributed by atoms with Gasteiger partial charge in [0.15, 0.2) is 5.69 Å². The largest absolute Gasteiger partial charge is 0.371 e. The van der Waals surface area contributed by atoms with E-state index in [0.717, 1.165) is 24.8 Å². The van der Waals surface area contributed by atoms with E-state index in [1.165, 1.54) is 12.8 Å². The number of hydrogen-bond donors (Lipinski definition) is 2. The molecule has 1 aliphatic heterocycles. The molecule has 2 heterocycles. The predicted molar refractivity (Wildman–Crippen MR) is 79.4 cm³/mol. The lowest BCUT2D eigenvalue weighted by atomic mass is 10.2. The molecular weight excluding hydrogens is 290 g/mol. The Balaban J connectivity index is 1.71. The summed E-state index contributed by atoms with van der Waals surface area (Å²) in [6, 6.07) is 8.55. The third-order valence-corrected chi connectivity index (χ3v) is 3.64. The summed E-state index contributed by atoms with van der Waals surface area (Å²) >= 11 is 0. The Hall–Kier alpha value is -2.44. The number of halogens is 2. The minimum atomic E-state index is -2.67. The Morgan fingerprint density at radius 2 is 2.05 bits per heavy atom. The van der Waals surface area contributed by atoms with Crippen LogP contribution >= 0.6 is 0 Å². The average Bonchev–Trinajstić information content (AvgIpc) is 3.19. The van der Waals surface area contributed by atoms with E-state index in [0.29, 0.717) is 5.69 Å². The Morgan fingerprint density at radius 3 is 2.73 bits per heavy atom. The lowest BCUT2D eigenvalue weighted by Gasteiger charge is -2.18. The number of benzene rings is 1. The first-order valence-corrected chi connectivity index (χ1v) is 7.13. The van der Waals surface area contributed by atoms with Crippen LogP contribution in [0.3, 0.4) is 0 Å². The van der Waals surface area contributed by atoms with Gasteiger partial charge in [-0.25, -0.2) is 8.78 Å². The van der Waals surface area contributed by atoms with Crippen molar-refractivity contribution in [2.24, 2.45) is 0 Å². The number of alkyl halides is 2. The van der Waals surface area contributed by atoms with Crippen molar-refractivity contribution in [2.75, 3.05) is 23.3 Å². The normalized spacial score (nSPS) is 14.6. The monoisotopic (exact) mass is 306 g/mol. The van der Waals surface area contributed by atoms with Crippen molar-refractivity contribution in [3.8, 4) is 0 Å². The number of anilines is 2. The molecule has 1 saturated heterocycles. The van der Waals surface area contributed by atoms with Gasteiger partial charge in [-0.3, -0.25) is 9.89 Å². The van der Waals surface area contributed by atoms with Crippen LogP contribution in [-0.2, 0) is 0 Å². The number of nitrogens with zero attached hydrogens (tertiary/aromatic N) is 2. The SMILES string of the molecule is O=C(Nc1cccc(N2CCCC2)c1)c1cc(C(F)F)[nH]n1. The van der Waals surface area contributed by atoms with Gasteiger partial charge in [-0.1, -0.05) is 6.07 Å². The van der Waals surface area contributed by atoms with Crippen LogP contribution in [0.15, 0.2) is 30.3 Å². The lowest BCUT2D eigenvalue weighted by molar-refractivity contribution is 0.102. The van der Waals surface area contributed by atoms with Crippen LogP contribution in [0.25, 0.3) is 0 Å². The zero-order valence-corrected chi connectivity index (χ0v) is 11.9. The summed E-state index contributed by atoms with van der Waals surface area (Å²) in [5.41, 5.74) is 1.25. The number of H-pyrrole nitrogens is 1. The molecule has 1 aliphatic rings. The Bertz CT molecular complexity index is 665. The van der Waals surface area contributed by atoms with E-state index in [9.17, 15) is 13.6 Å². The highest BCUT2D eigenvalue weighted by atomic mass is 19.3. The number of aromatic nitrogens is 2. The summed E-state index contributed by atoms with van der Waals surface area (Å²) in [5, 5.41) is 8.45. The second-order valence-electron chi connectivity index (χ2n) is 5.21. The molecule has 0 atom stereocenters. The van der Waals surface area contributed by atoms with Gasteiger partial charge in [0.1, 0.15) is 5.69 Å². The van der Waals surface area contributed by atoms with Crippen molar-refractivity contribution >= 4 is 17.3 Å². The zero-order chi connectivity index (χ0) is 15.5. The van der Waals surface area contributed by atoms with Crippen LogP contribution in [0.1, 0.15) is 35.4 Å². The first kappa shape index (κ1) is 14.5. The number of hydrogen-bond acceptors (Lipinski definition) is 3. The molecule has 0 aliphatic carbocycles. The highest BCUT2D eigenvalue weighted by molar-refractivity contribution is 6.03. The molecule has 1 fully saturated rings. The molecule has 3 rings (SSSR count). The van der Waals surface area contributed by atoms with E-state index in [1.54, 1.807) is 6.07 Å². The molecule has 1 aromatic heterocycles. The Kier molecular flexibility index (Phi) is 4.04. The van der Waals surface area contributed by atoms with Gasteiger partial charge in [-0.05, 0) is 37.1 Å². The fraction of sp³-hybridized carbons (Fsp3) is 0.333. The van der Waals surface area contributed by atoms with E-state index in [-0.39, 0.29) is 11.4 Å². The second kappa shape index (κ2) is 6.13. The fourth-order valence-corrected chi connectivity index (χ4v) is 2.52. The maximum Gasteiger partial charge on any atom is 0.279 e. The van der Waals surface area contributed by atoms with E-state index < -0.39 is 12.3 Å². The molecule has 22 heavy (non-hydrogen) atoms. The van der Waals surface area contributed by atoms with Crippen molar-refractivity contribution in [1.82, 2.24) is 10.2 Å². The first-order valence-electron chi connectivity index (χ1n) is 7.13. The van der Waals surface area contributed by atoms with Gasteiger partial charge in [-0.2, -0.15) is 5.10 Å². The van der Waals surface area contributed by atoms with Crippen LogP contribution in [-0.4, -0.2) is 29.2 Å². The zero-order valence-electron chi connectivity index (χ0n) is 11.9. The van der Waals surface area contributed by atoms with Crippen molar-refractivity contribution in [3.05, 3.63) is 41.7 Å². The highest BCUT2D eigenvalue weighted by Crippen LogP contribution is 2.24. The van der Waals surface area contributed by atoms with Gasteiger partial charge in [0, 0.05) is 24.5 Å². The maximum atomic E-state index is 12.5.